The van der Waals surface area contributed by atoms with E-state index < -0.39 is 17.4 Å². The normalized spacial score (nSPS) is 26.2. The van der Waals surface area contributed by atoms with Gasteiger partial charge in [-0.25, -0.2) is 0 Å². The van der Waals surface area contributed by atoms with Crippen molar-refractivity contribution < 1.29 is 28.4 Å². The number of carbonyl (C=O) groups is 2. The molecule has 2 rings (SSSR count). The summed E-state index contributed by atoms with van der Waals surface area (Å²) in [4.78, 5) is 25.4. The number of esters is 2. The summed E-state index contributed by atoms with van der Waals surface area (Å²) in [5.41, 5.74) is -0.962. The zero-order valence-corrected chi connectivity index (χ0v) is 18.9. The van der Waals surface area contributed by atoms with E-state index in [-0.39, 0.29) is 37.5 Å². The van der Waals surface area contributed by atoms with Gasteiger partial charge in [0.2, 0.25) is 0 Å². The van der Waals surface area contributed by atoms with E-state index in [4.69, 9.17) is 18.8 Å². The predicted molar refractivity (Wildman–Crippen MR) is 112 cm³/mol. The summed E-state index contributed by atoms with van der Waals surface area (Å²) < 4.78 is 22.5. The molecule has 1 atom stereocenters. The zero-order chi connectivity index (χ0) is 21.9. The number of allylic oxidation sites excluding steroid dienone is 4. The minimum Gasteiger partial charge on any atom is -0.465 e. The first-order valence-electron chi connectivity index (χ1n) is 10.5. The molecule has 29 heavy (non-hydrogen) atoms. The molecular weight excluding hydrogens is 371 g/mol. The maximum absolute atomic E-state index is 12.7. The van der Waals surface area contributed by atoms with Gasteiger partial charge >= 0.3 is 19.1 Å². The first kappa shape index (κ1) is 23.7. The van der Waals surface area contributed by atoms with E-state index in [1.165, 1.54) is 0 Å². The van der Waals surface area contributed by atoms with Crippen LogP contribution in [-0.2, 0) is 28.4 Å². The van der Waals surface area contributed by atoms with E-state index in [9.17, 15) is 9.59 Å². The van der Waals surface area contributed by atoms with Crippen LogP contribution in [-0.4, -0.2) is 43.5 Å². The molecule has 1 unspecified atom stereocenters. The molecule has 0 aromatic heterocycles. The monoisotopic (exact) mass is 406 g/mol. The molecule has 1 saturated heterocycles. The zero-order valence-electron chi connectivity index (χ0n) is 18.9. The van der Waals surface area contributed by atoms with E-state index in [1.54, 1.807) is 13.8 Å². The van der Waals surface area contributed by atoms with Gasteiger partial charge in [0.15, 0.2) is 5.41 Å². The number of ether oxygens (including phenoxy) is 2. The van der Waals surface area contributed by atoms with Gasteiger partial charge < -0.3 is 18.8 Å². The first-order chi connectivity index (χ1) is 13.5. The maximum Gasteiger partial charge on any atom is 0.461 e. The quantitative estimate of drug-likeness (QED) is 0.274. The molecule has 162 valence electrons. The van der Waals surface area contributed by atoms with Crippen LogP contribution in [0.2, 0.25) is 6.32 Å². The smallest absolute Gasteiger partial charge is 0.461 e. The van der Waals surface area contributed by atoms with E-state index in [0.717, 1.165) is 5.57 Å². The van der Waals surface area contributed by atoms with E-state index >= 15 is 0 Å². The minimum absolute atomic E-state index is 0.0313. The summed E-state index contributed by atoms with van der Waals surface area (Å²) in [5.74, 6) is -1.03. The Kier molecular flexibility index (Phi) is 7.39. The Morgan fingerprint density at radius 1 is 1.07 bits per heavy atom. The largest absolute Gasteiger partial charge is 0.465 e. The Labute approximate surface area is 175 Å². The summed E-state index contributed by atoms with van der Waals surface area (Å²) in [5, 5.41) is 0. The fourth-order valence-electron chi connectivity index (χ4n) is 3.91. The van der Waals surface area contributed by atoms with Crippen molar-refractivity contribution in [2.75, 3.05) is 13.2 Å². The van der Waals surface area contributed by atoms with Crippen LogP contribution >= 0.6 is 0 Å². The third kappa shape index (κ3) is 4.77. The maximum atomic E-state index is 12.7. The lowest BCUT2D eigenvalue weighted by Crippen LogP contribution is -2.41. The van der Waals surface area contributed by atoms with Gasteiger partial charge in [-0.05, 0) is 67.2 Å². The summed E-state index contributed by atoms with van der Waals surface area (Å²) in [6.45, 7) is 14.0. The van der Waals surface area contributed by atoms with Crippen LogP contribution in [0.1, 0.15) is 61.3 Å². The fraction of sp³-hybridized carbons (Fsp3) is 0.727. The lowest BCUT2D eigenvalue weighted by Gasteiger charge is -2.32. The number of hydrogen-bond acceptors (Lipinski definition) is 6. The Bertz CT molecular complexity index is 645. The van der Waals surface area contributed by atoms with Crippen LogP contribution in [0.25, 0.3) is 0 Å². The van der Waals surface area contributed by atoms with Gasteiger partial charge in [0, 0.05) is 6.32 Å². The van der Waals surface area contributed by atoms with Crippen molar-refractivity contribution >= 4 is 19.1 Å². The van der Waals surface area contributed by atoms with Crippen molar-refractivity contribution in [3.05, 3.63) is 23.8 Å². The molecule has 2 aliphatic rings. The second-order valence-electron chi connectivity index (χ2n) is 8.72. The van der Waals surface area contributed by atoms with Gasteiger partial charge in [-0.15, -0.1) is 0 Å². The second-order valence-corrected chi connectivity index (χ2v) is 8.72. The summed E-state index contributed by atoms with van der Waals surface area (Å²) in [6, 6.07) is 0. The van der Waals surface area contributed by atoms with E-state index in [2.05, 4.69) is 0 Å². The molecule has 6 nitrogen and oxygen atoms in total. The highest BCUT2D eigenvalue weighted by molar-refractivity contribution is 6.46. The molecule has 1 aliphatic carbocycles. The Hall–Kier alpha value is -1.60. The highest BCUT2D eigenvalue weighted by Crippen LogP contribution is 2.48. The lowest BCUT2D eigenvalue weighted by molar-refractivity contribution is -0.171. The Morgan fingerprint density at radius 3 is 2.03 bits per heavy atom. The molecule has 1 aliphatic heterocycles. The van der Waals surface area contributed by atoms with E-state index in [0.29, 0.717) is 19.2 Å². The SMILES string of the molecule is C/C=C1\CC(C(=O)OCC)(C(=O)OCC)CC1/C=C/CB1OC(C)(C)C(C)(C)O1. The van der Waals surface area contributed by atoms with Crippen molar-refractivity contribution in [3.63, 3.8) is 0 Å². The molecular formula is C22H35BO6. The predicted octanol–water partition coefficient (Wildman–Crippen LogP) is 4.10. The van der Waals surface area contributed by atoms with Gasteiger partial charge in [0.05, 0.1) is 24.4 Å². The van der Waals surface area contributed by atoms with Crippen molar-refractivity contribution in [3.8, 4) is 0 Å². The van der Waals surface area contributed by atoms with Crippen LogP contribution in [0.4, 0.5) is 0 Å². The van der Waals surface area contributed by atoms with Gasteiger partial charge in [-0.1, -0.05) is 23.8 Å². The molecule has 1 heterocycles. The summed E-state index contributed by atoms with van der Waals surface area (Å²) in [6.07, 6.45) is 7.32. The van der Waals surface area contributed by atoms with Crippen molar-refractivity contribution in [1.29, 1.82) is 0 Å². The highest BCUT2D eigenvalue weighted by Gasteiger charge is 2.55. The molecule has 1 saturated carbocycles. The van der Waals surface area contributed by atoms with Crippen LogP contribution < -0.4 is 0 Å². The molecule has 0 bridgehead atoms. The molecule has 0 amide bonds. The van der Waals surface area contributed by atoms with Crippen LogP contribution in [0, 0.1) is 11.3 Å². The average Bonchev–Trinajstić information content (AvgIpc) is 3.10. The minimum atomic E-state index is -1.27. The topological polar surface area (TPSA) is 71.1 Å². The fourth-order valence-corrected chi connectivity index (χ4v) is 3.91. The van der Waals surface area contributed by atoms with Gasteiger partial charge in [0.1, 0.15) is 0 Å². The van der Waals surface area contributed by atoms with Crippen molar-refractivity contribution in [1.82, 2.24) is 0 Å². The molecule has 0 aromatic rings. The van der Waals surface area contributed by atoms with Crippen molar-refractivity contribution in [2.45, 2.75) is 78.8 Å². The molecule has 7 heteroatoms. The molecule has 0 N–H and O–H groups in total. The summed E-state index contributed by atoms with van der Waals surface area (Å²) >= 11 is 0. The molecule has 2 fully saturated rings. The third-order valence-electron chi connectivity index (χ3n) is 6.25. The van der Waals surface area contributed by atoms with Crippen molar-refractivity contribution in [2.24, 2.45) is 11.3 Å². The van der Waals surface area contributed by atoms with Gasteiger partial charge in [-0.2, -0.15) is 0 Å². The average molecular weight is 406 g/mol. The van der Waals surface area contributed by atoms with Crippen LogP contribution in [0.15, 0.2) is 23.8 Å². The molecule has 0 spiro atoms. The van der Waals surface area contributed by atoms with Crippen LogP contribution in [0.3, 0.4) is 0 Å². The van der Waals surface area contributed by atoms with Gasteiger partial charge in [0.25, 0.3) is 0 Å². The van der Waals surface area contributed by atoms with Gasteiger partial charge in [-0.3, -0.25) is 9.59 Å². The Balaban J connectivity index is 2.14. The molecule has 0 aromatic carbocycles. The third-order valence-corrected chi connectivity index (χ3v) is 6.25. The highest BCUT2D eigenvalue weighted by atomic mass is 16.7. The Morgan fingerprint density at radius 2 is 1.59 bits per heavy atom. The van der Waals surface area contributed by atoms with E-state index in [1.807, 2.05) is 52.8 Å². The first-order valence-corrected chi connectivity index (χ1v) is 10.5. The number of hydrogen-bond donors (Lipinski definition) is 0. The second kappa shape index (κ2) is 9.05. The number of rotatable bonds is 7. The standard InChI is InChI=1S/C22H35BO6/c1-8-16-14-22(18(24)26-9-2,19(25)27-10-3)15-17(16)12-11-13-23-28-20(4,5)21(6,7)29-23/h8,11-12,17H,9-10,13-15H2,1-7H3/b12-11+,16-8+. The van der Waals surface area contributed by atoms with Crippen LogP contribution in [0.5, 0.6) is 0 Å². The molecule has 0 radical (unpaired) electrons. The summed E-state index contributed by atoms with van der Waals surface area (Å²) in [7, 11) is -0.313. The number of carbonyl (C=O) groups excluding carboxylic acids is 2. The lowest BCUT2D eigenvalue weighted by atomic mass is 9.83.